The number of hydrogen-bond acceptors (Lipinski definition) is 6. The number of amides is 3. The zero-order valence-electron chi connectivity index (χ0n) is 18.5. The average Bonchev–Trinajstić information content (AvgIpc) is 3.34. The molecule has 8 nitrogen and oxygen atoms in total. The summed E-state index contributed by atoms with van der Waals surface area (Å²) >= 11 is 0.735. The van der Waals surface area contributed by atoms with Gasteiger partial charge >= 0.3 is 5.97 Å². The Morgan fingerprint density at radius 3 is 2.76 bits per heavy atom. The van der Waals surface area contributed by atoms with Crippen LogP contribution in [0.2, 0.25) is 0 Å². The number of carboxylic acid groups (broad SMARTS) is 1. The second-order valence-corrected chi connectivity index (χ2v) is 9.05. The highest BCUT2D eigenvalue weighted by Gasteiger charge is 2.36. The Kier molecular flexibility index (Phi) is 6.56. The molecule has 4 rings (SSSR count). The van der Waals surface area contributed by atoms with E-state index < -0.39 is 29.6 Å². The van der Waals surface area contributed by atoms with Crippen LogP contribution < -0.4 is 5.32 Å². The summed E-state index contributed by atoms with van der Waals surface area (Å²) in [6.07, 6.45) is 6.57. The molecule has 2 N–H and O–H groups in total. The smallest absolute Gasteiger partial charge is 0.331 e. The van der Waals surface area contributed by atoms with Gasteiger partial charge in [-0.15, -0.1) is 0 Å². The molecule has 9 heteroatoms. The minimum atomic E-state index is -0.978. The quantitative estimate of drug-likeness (QED) is 0.585. The third-order valence-corrected chi connectivity index (χ3v) is 6.50. The topological polar surface area (TPSA) is 117 Å². The number of anilines is 1. The summed E-state index contributed by atoms with van der Waals surface area (Å²) in [5, 5.41) is 11.5. The summed E-state index contributed by atoms with van der Waals surface area (Å²) in [5.74, 6) is -1.67. The van der Waals surface area contributed by atoms with Crippen LogP contribution in [-0.2, 0) is 14.4 Å². The molecule has 2 atom stereocenters. The van der Waals surface area contributed by atoms with Crippen molar-refractivity contribution >= 4 is 46.5 Å². The highest BCUT2D eigenvalue weighted by molar-refractivity contribution is 8.18. The van der Waals surface area contributed by atoms with E-state index in [4.69, 9.17) is 4.42 Å². The van der Waals surface area contributed by atoms with Gasteiger partial charge < -0.3 is 14.8 Å². The zero-order valence-corrected chi connectivity index (χ0v) is 19.3. The number of carboxylic acids is 1. The average molecular weight is 479 g/mol. The fraction of sp³-hybridized carbons (Fsp3) is 0.200. The number of nitrogens with one attached hydrogen (secondary N) is 1. The predicted molar refractivity (Wildman–Crippen MR) is 128 cm³/mol. The van der Waals surface area contributed by atoms with Crippen molar-refractivity contribution in [3.05, 3.63) is 82.2 Å². The Balaban J connectivity index is 1.44. The predicted octanol–water partition coefficient (Wildman–Crippen LogP) is 4.56. The number of rotatable bonds is 6. The third kappa shape index (κ3) is 4.89. The number of aryl methyl sites for hydroxylation is 1. The first-order valence-electron chi connectivity index (χ1n) is 10.6. The van der Waals surface area contributed by atoms with Crippen LogP contribution in [0.3, 0.4) is 0 Å². The lowest BCUT2D eigenvalue weighted by Gasteiger charge is -2.22. The number of furan rings is 1. The van der Waals surface area contributed by atoms with Crippen molar-refractivity contribution in [1.29, 1.82) is 0 Å². The first-order chi connectivity index (χ1) is 16.2. The van der Waals surface area contributed by atoms with Gasteiger partial charge in [0.1, 0.15) is 18.1 Å². The second kappa shape index (κ2) is 9.56. The summed E-state index contributed by atoms with van der Waals surface area (Å²) < 4.78 is 5.85. The molecule has 2 aromatic rings. The third-order valence-electron chi connectivity index (χ3n) is 5.60. The largest absolute Gasteiger partial charge is 0.478 e. The van der Waals surface area contributed by atoms with E-state index in [1.54, 1.807) is 42.5 Å². The lowest BCUT2D eigenvalue weighted by Crippen LogP contribution is -2.36. The molecule has 1 saturated heterocycles. The fourth-order valence-corrected chi connectivity index (χ4v) is 4.67. The lowest BCUT2D eigenvalue weighted by molar-refractivity contribution is -0.133. The Bertz CT molecular complexity index is 1270. The molecule has 0 bridgehead atoms. The van der Waals surface area contributed by atoms with Crippen molar-refractivity contribution in [3.63, 3.8) is 0 Å². The van der Waals surface area contributed by atoms with Crippen LogP contribution in [0.1, 0.15) is 29.9 Å². The van der Waals surface area contributed by atoms with Gasteiger partial charge in [0.05, 0.1) is 4.91 Å². The molecule has 2 heterocycles. The molecule has 3 amide bonds. The first-order valence-corrected chi connectivity index (χ1v) is 11.4. The molecule has 1 aliphatic carbocycles. The highest BCUT2D eigenvalue weighted by atomic mass is 32.2. The molecule has 1 aromatic heterocycles. The van der Waals surface area contributed by atoms with Crippen molar-refractivity contribution in [1.82, 2.24) is 4.90 Å². The monoisotopic (exact) mass is 478 g/mol. The molecule has 1 aliphatic heterocycles. The number of aliphatic carboxylic acids is 1. The highest BCUT2D eigenvalue weighted by Crippen LogP contribution is 2.37. The number of hydrogen-bond donors (Lipinski definition) is 2. The maximum atomic E-state index is 12.8. The number of carbonyl (C=O) groups excluding carboxylic acids is 3. The van der Waals surface area contributed by atoms with E-state index in [-0.39, 0.29) is 22.3 Å². The van der Waals surface area contributed by atoms with E-state index in [1.165, 1.54) is 6.08 Å². The van der Waals surface area contributed by atoms with Crippen LogP contribution in [0.5, 0.6) is 0 Å². The molecule has 34 heavy (non-hydrogen) atoms. The van der Waals surface area contributed by atoms with Gasteiger partial charge in [0.25, 0.3) is 11.1 Å². The molecule has 2 unspecified atom stereocenters. The van der Waals surface area contributed by atoms with Crippen LogP contribution >= 0.6 is 11.8 Å². The molecule has 1 aromatic carbocycles. The molecule has 0 spiro atoms. The maximum absolute atomic E-state index is 12.8. The van der Waals surface area contributed by atoms with Gasteiger partial charge in [0.15, 0.2) is 0 Å². The molecular weight excluding hydrogens is 456 g/mol. The van der Waals surface area contributed by atoms with E-state index in [2.05, 4.69) is 5.32 Å². The van der Waals surface area contributed by atoms with E-state index in [9.17, 15) is 24.3 Å². The Hall–Kier alpha value is -3.85. The minimum Gasteiger partial charge on any atom is -0.478 e. The normalized spacial score (nSPS) is 21.2. The summed E-state index contributed by atoms with van der Waals surface area (Å²) in [5.41, 5.74) is 1.84. The van der Waals surface area contributed by atoms with Gasteiger partial charge in [-0.05, 0) is 48.5 Å². The van der Waals surface area contributed by atoms with Crippen molar-refractivity contribution < 1.29 is 28.7 Å². The Labute approximate surface area is 200 Å². The number of allylic oxidation sites excluding steroid dienone is 3. The van der Waals surface area contributed by atoms with Crippen LogP contribution in [0.4, 0.5) is 10.5 Å². The van der Waals surface area contributed by atoms with Crippen molar-refractivity contribution in [2.75, 3.05) is 11.9 Å². The van der Waals surface area contributed by atoms with Gasteiger partial charge in [-0.2, -0.15) is 0 Å². The van der Waals surface area contributed by atoms with Crippen LogP contribution in [-0.4, -0.2) is 39.6 Å². The standard InChI is InChI=1S/C25H22N2O6S/c1-14-5-3-6-16(11-14)26-22(28)13-27-23(29)21(34-25(27)32)12-17-9-10-20(33-17)18-7-4-8-19(15(18)2)24(30)31/h3-12,15,18H,13H2,1-2H3,(H,26,28)(H,30,31)/b21-12-. The minimum absolute atomic E-state index is 0.146. The van der Waals surface area contributed by atoms with Crippen molar-refractivity contribution in [3.8, 4) is 0 Å². The molecule has 1 fully saturated rings. The zero-order chi connectivity index (χ0) is 24.4. The van der Waals surface area contributed by atoms with Crippen LogP contribution in [0.15, 0.2) is 69.5 Å². The molecule has 0 saturated carbocycles. The second-order valence-electron chi connectivity index (χ2n) is 8.05. The van der Waals surface area contributed by atoms with Crippen molar-refractivity contribution in [2.24, 2.45) is 5.92 Å². The Morgan fingerprint density at radius 1 is 1.24 bits per heavy atom. The number of carbonyl (C=O) groups is 4. The van der Waals surface area contributed by atoms with Crippen molar-refractivity contribution in [2.45, 2.75) is 19.8 Å². The number of benzene rings is 1. The van der Waals surface area contributed by atoms with Crippen LogP contribution in [0.25, 0.3) is 6.08 Å². The summed E-state index contributed by atoms with van der Waals surface area (Å²) in [6.45, 7) is 3.31. The maximum Gasteiger partial charge on any atom is 0.331 e. The molecular formula is C25H22N2O6S. The number of nitrogens with zero attached hydrogens (tertiary/aromatic N) is 1. The first kappa shape index (κ1) is 23.3. The van der Waals surface area contributed by atoms with E-state index in [1.807, 2.05) is 26.0 Å². The number of thioether (sulfide) groups is 1. The molecule has 0 radical (unpaired) electrons. The van der Waals surface area contributed by atoms with Gasteiger partial charge in [-0.3, -0.25) is 19.3 Å². The van der Waals surface area contributed by atoms with Gasteiger partial charge in [0, 0.05) is 29.2 Å². The van der Waals surface area contributed by atoms with Gasteiger partial charge in [-0.25, -0.2) is 4.79 Å². The SMILES string of the molecule is Cc1cccc(NC(=O)CN2C(=O)S/C(=C\c3ccc(C4C=CC=C(C(=O)O)C4C)o3)C2=O)c1. The van der Waals surface area contributed by atoms with Crippen LogP contribution in [0, 0.1) is 12.8 Å². The van der Waals surface area contributed by atoms with Gasteiger partial charge in [0.2, 0.25) is 5.91 Å². The van der Waals surface area contributed by atoms with E-state index in [0.29, 0.717) is 17.2 Å². The Morgan fingerprint density at radius 2 is 2.03 bits per heavy atom. The molecule has 2 aliphatic rings. The summed E-state index contributed by atoms with van der Waals surface area (Å²) in [4.78, 5) is 49.9. The molecule has 174 valence electrons. The number of imide groups is 1. The lowest BCUT2D eigenvalue weighted by atomic mass is 9.82. The fourth-order valence-electron chi connectivity index (χ4n) is 3.86. The summed E-state index contributed by atoms with van der Waals surface area (Å²) in [6, 6.07) is 10.6. The van der Waals surface area contributed by atoms with Gasteiger partial charge in [-0.1, -0.05) is 37.3 Å². The van der Waals surface area contributed by atoms with E-state index >= 15 is 0 Å². The van der Waals surface area contributed by atoms with E-state index in [0.717, 1.165) is 22.2 Å². The summed E-state index contributed by atoms with van der Waals surface area (Å²) in [7, 11) is 0.